The number of carbonyl (C=O) groups excluding carboxylic acids is 1. The minimum Gasteiger partial charge on any atom is -0.363 e. The Hall–Kier alpha value is -2.92. The Bertz CT molecular complexity index is 1220. The number of hydrogen-bond donors (Lipinski definition) is 2. The van der Waals surface area contributed by atoms with Gasteiger partial charge in [-0.05, 0) is 35.9 Å². The number of halogens is 8. The third-order valence-corrected chi connectivity index (χ3v) is 5.81. The van der Waals surface area contributed by atoms with Crippen LogP contribution in [-0.2, 0) is 6.18 Å². The molecule has 1 aliphatic rings. The zero-order valence-electron chi connectivity index (χ0n) is 16.8. The summed E-state index contributed by atoms with van der Waals surface area (Å²) in [6, 6.07) is 7.33. The summed E-state index contributed by atoms with van der Waals surface area (Å²) in [5.74, 6) is -1.05. The van der Waals surface area contributed by atoms with E-state index in [0.29, 0.717) is 21.3 Å². The smallest absolute Gasteiger partial charge is 0.363 e. The first kappa shape index (κ1) is 24.2. The van der Waals surface area contributed by atoms with E-state index in [2.05, 4.69) is 15.7 Å². The zero-order chi connectivity index (χ0) is 24.8. The van der Waals surface area contributed by atoms with Crippen LogP contribution < -0.4 is 10.6 Å². The first-order chi connectivity index (χ1) is 15.8. The van der Waals surface area contributed by atoms with Crippen molar-refractivity contribution in [2.45, 2.75) is 30.9 Å². The molecule has 4 rings (SSSR count). The Balaban J connectivity index is 1.63. The summed E-state index contributed by atoms with van der Waals surface area (Å²) in [4.78, 5) is 12.6. The number of rotatable bonds is 3. The van der Waals surface area contributed by atoms with Gasteiger partial charge in [-0.15, -0.1) is 0 Å². The van der Waals surface area contributed by atoms with Gasteiger partial charge in [0.05, 0.1) is 16.6 Å². The maximum absolute atomic E-state index is 13.8. The summed E-state index contributed by atoms with van der Waals surface area (Å²) in [6.07, 6.45) is -9.82. The first-order valence-electron chi connectivity index (χ1n) is 9.69. The second-order valence-electron chi connectivity index (χ2n) is 7.55. The van der Waals surface area contributed by atoms with Crippen LogP contribution in [0.1, 0.15) is 40.1 Å². The van der Waals surface area contributed by atoms with Gasteiger partial charge in [-0.2, -0.15) is 31.4 Å². The van der Waals surface area contributed by atoms with Crippen molar-refractivity contribution in [1.82, 2.24) is 9.78 Å². The molecule has 1 aromatic heterocycles. The van der Waals surface area contributed by atoms with Crippen molar-refractivity contribution in [3.8, 4) is 0 Å². The van der Waals surface area contributed by atoms with Crippen LogP contribution in [0.4, 0.5) is 37.8 Å². The first-order valence-corrected chi connectivity index (χ1v) is 10.4. The van der Waals surface area contributed by atoms with E-state index in [1.54, 1.807) is 24.3 Å². The predicted octanol–water partition coefficient (Wildman–Crippen LogP) is 7.12. The molecule has 2 atom stereocenters. The minimum atomic E-state index is -4.76. The molecule has 0 radical (unpaired) electrons. The lowest BCUT2D eigenvalue weighted by Crippen LogP contribution is -2.35. The molecule has 0 spiro atoms. The van der Waals surface area contributed by atoms with Gasteiger partial charge in [0.15, 0.2) is 11.7 Å². The van der Waals surface area contributed by atoms with Crippen molar-refractivity contribution in [1.29, 1.82) is 0 Å². The van der Waals surface area contributed by atoms with Crippen LogP contribution in [0.5, 0.6) is 0 Å². The fourth-order valence-electron chi connectivity index (χ4n) is 3.61. The summed E-state index contributed by atoms with van der Waals surface area (Å²) in [6.45, 7) is 0. The highest BCUT2D eigenvalue weighted by Crippen LogP contribution is 2.44. The fraction of sp³-hybridized carbons (Fsp3) is 0.238. The fourth-order valence-corrected chi connectivity index (χ4v) is 3.96. The van der Waals surface area contributed by atoms with E-state index in [-0.39, 0.29) is 11.5 Å². The molecule has 3 aromatic rings. The summed E-state index contributed by atoms with van der Waals surface area (Å²) in [5, 5.41) is 8.77. The number of aromatic nitrogens is 2. The number of anilines is 2. The van der Waals surface area contributed by atoms with Crippen LogP contribution in [0.25, 0.3) is 0 Å². The molecule has 0 aliphatic carbocycles. The Morgan fingerprint density at radius 3 is 2.32 bits per heavy atom. The molecule has 2 heterocycles. The molecule has 1 aliphatic heterocycles. The molecule has 0 saturated carbocycles. The molecular weight excluding hydrogens is 509 g/mol. The van der Waals surface area contributed by atoms with Crippen molar-refractivity contribution in [3.63, 3.8) is 0 Å². The monoisotopic (exact) mass is 522 g/mol. The van der Waals surface area contributed by atoms with Crippen molar-refractivity contribution < 1.29 is 31.1 Å². The highest BCUT2D eigenvalue weighted by molar-refractivity contribution is 6.31. The van der Waals surface area contributed by atoms with Crippen molar-refractivity contribution in [3.05, 3.63) is 75.4 Å². The molecule has 2 N–H and O–H groups in total. The van der Waals surface area contributed by atoms with E-state index >= 15 is 0 Å². The largest absolute Gasteiger partial charge is 0.417 e. The molecule has 0 saturated heterocycles. The standard InChI is InChI=1S/C21H14Cl2F6N4O/c22-11-3-1-10(2-4-11)15-8-17(21(27,28)29)33-18(31-15)9-16(32-33)19(34)30-12-5-6-14(23)13(7-12)20(24,25)26/h1-7,9,15,17,31H,8H2,(H,30,34)/t15-,17+/m0/s1. The second kappa shape index (κ2) is 8.70. The highest BCUT2D eigenvalue weighted by Gasteiger charge is 2.46. The van der Waals surface area contributed by atoms with Crippen LogP contribution in [0.2, 0.25) is 10.0 Å². The van der Waals surface area contributed by atoms with Crippen LogP contribution in [0.3, 0.4) is 0 Å². The second-order valence-corrected chi connectivity index (χ2v) is 8.39. The zero-order valence-corrected chi connectivity index (χ0v) is 18.3. The number of carbonyl (C=O) groups is 1. The number of hydrogen-bond acceptors (Lipinski definition) is 3. The Morgan fingerprint density at radius 2 is 1.71 bits per heavy atom. The SMILES string of the molecule is O=C(Nc1ccc(Cl)c(C(F)(F)F)c1)c1cc2n(n1)[C@@H](C(F)(F)F)C[C@@H](c1ccc(Cl)cc1)N2. The van der Waals surface area contributed by atoms with Gasteiger partial charge in [0.25, 0.3) is 5.91 Å². The van der Waals surface area contributed by atoms with Crippen LogP contribution >= 0.6 is 23.2 Å². The maximum Gasteiger partial charge on any atom is 0.417 e. The van der Waals surface area contributed by atoms with Gasteiger partial charge in [-0.1, -0.05) is 35.3 Å². The van der Waals surface area contributed by atoms with Crippen LogP contribution in [0, 0.1) is 0 Å². The molecule has 1 amide bonds. The lowest BCUT2D eigenvalue weighted by Gasteiger charge is -2.33. The van der Waals surface area contributed by atoms with Gasteiger partial charge >= 0.3 is 12.4 Å². The highest BCUT2D eigenvalue weighted by atomic mass is 35.5. The lowest BCUT2D eigenvalue weighted by molar-refractivity contribution is -0.173. The summed E-state index contributed by atoms with van der Waals surface area (Å²) in [7, 11) is 0. The summed E-state index contributed by atoms with van der Waals surface area (Å²) < 4.78 is 81.2. The predicted molar refractivity (Wildman–Crippen MR) is 114 cm³/mol. The van der Waals surface area contributed by atoms with E-state index < -0.39 is 53.0 Å². The third-order valence-electron chi connectivity index (χ3n) is 5.22. The molecule has 2 aromatic carbocycles. The van der Waals surface area contributed by atoms with Gasteiger partial charge in [-0.3, -0.25) is 4.79 Å². The normalized spacial score (nSPS) is 18.2. The summed E-state index contributed by atoms with van der Waals surface area (Å²) >= 11 is 11.4. The molecular formula is C21H14Cl2F6N4O. The van der Waals surface area contributed by atoms with Gasteiger partial charge < -0.3 is 10.6 Å². The van der Waals surface area contributed by atoms with Crippen molar-refractivity contribution in [2.24, 2.45) is 0 Å². The van der Waals surface area contributed by atoms with Gasteiger partial charge in [-0.25, -0.2) is 4.68 Å². The van der Waals surface area contributed by atoms with Gasteiger partial charge in [0, 0.05) is 23.2 Å². The number of nitrogens with one attached hydrogen (secondary N) is 2. The van der Waals surface area contributed by atoms with Crippen LogP contribution in [0.15, 0.2) is 48.5 Å². The Morgan fingerprint density at radius 1 is 1.03 bits per heavy atom. The molecule has 34 heavy (non-hydrogen) atoms. The molecule has 0 fully saturated rings. The van der Waals surface area contributed by atoms with Crippen molar-refractivity contribution in [2.75, 3.05) is 10.6 Å². The average molecular weight is 523 g/mol. The molecule has 13 heteroatoms. The van der Waals surface area contributed by atoms with Crippen LogP contribution in [-0.4, -0.2) is 21.9 Å². The molecule has 180 valence electrons. The number of benzene rings is 2. The van der Waals surface area contributed by atoms with E-state index in [0.717, 1.165) is 18.2 Å². The van der Waals surface area contributed by atoms with E-state index in [9.17, 15) is 31.1 Å². The Labute approximate surface area is 198 Å². The summed E-state index contributed by atoms with van der Waals surface area (Å²) in [5.41, 5.74) is -1.26. The average Bonchev–Trinajstić information content (AvgIpc) is 3.17. The minimum absolute atomic E-state index is 0.0641. The molecule has 5 nitrogen and oxygen atoms in total. The number of fused-ring (bicyclic) bond motifs is 1. The van der Waals surface area contributed by atoms with E-state index in [1.165, 1.54) is 0 Å². The van der Waals surface area contributed by atoms with E-state index in [1.807, 2.05) is 0 Å². The number of alkyl halides is 6. The number of nitrogens with zero attached hydrogens (tertiary/aromatic N) is 2. The van der Waals surface area contributed by atoms with Gasteiger partial charge in [0.2, 0.25) is 0 Å². The maximum atomic E-state index is 13.8. The quantitative estimate of drug-likeness (QED) is 0.360. The topological polar surface area (TPSA) is 59.0 Å². The molecule has 0 unspecified atom stereocenters. The lowest BCUT2D eigenvalue weighted by atomic mass is 9.97. The number of amides is 1. The third kappa shape index (κ3) is 4.95. The van der Waals surface area contributed by atoms with Gasteiger partial charge in [0.1, 0.15) is 5.82 Å². The Kier molecular flexibility index (Phi) is 6.19. The molecule has 0 bridgehead atoms. The van der Waals surface area contributed by atoms with Crippen molar-refractivity contribution >= 4 is 40.6 Å². The van der Waals surface area contributed by atoms with E-state index in [4.69, 9.17) is 23.2 Å².